The highest BCUT2D eigenvalue weighted by Crippen LogP contribution is 2.15. The number of nitrogens with zero attached hydrogens (tertiary/aromatic N) is 1. The molecule has 114 valence electrons. The molecule has 0 saturated carbocycles. The Bertz CT molecular complexity index is 522. The van der Waals surface area contributed by atoms with Gasteiger partial charge in [0.15, 0.2) is 0 Å². The van der Waals surface area contributed by atoms with Gasteiger partial charge in [0.05, 0.1) is 4.90 Å². The van der Waals surface area contributed by atoms with Crippen LogP contribution in [0.1, 0.15) is 20.8 Å². The zero-order valence-electron chi connectivity index (χ0n) is 12.9. The van der Waals surface area contributed by atoms with E-state index >= 15 is 0 Å². The third kappa shape index (κ3) is 4.47. The fraction of sp³-hybridized carbons (Fsp3) is 0.571. The molecule has 0 aliphatic rings. The van der Waals surface area contributed by atoms with Crippen LogP contribution in [-0.4, -0.2) is 46.0 Å². The molecule has 1 aromatic rings. The first kappa shape index (κ1) is 16.9. The number of hydrogen-bond donors (Lipinski definition) is 2. The minimum atomic E-state index is -3.46. The molecule has 0 bridgehead atoms. The minimum absolute atomic E-state index is 0.239. The summed E-state index contributed by atoms with van der Waals surface area (Å²) in [6, 6.07) is 6.77. The zero-order valence-corrected chi connectivity index (χ0v) is 13.7. The Morgan fingerprint density at radius 3 is 2.15 bits per heavy atom. The standard InChI is InChI=1S/C14H25N3O2S/c1-6-15-12-7-9-13(10-8-12)20(18,19)16-11-14(2,3)17(4)5/h7-10,15-16H,6,11H2,1-5H3. The lowest BCUT2D eigenvalue weighted by Gasteiger charge is -2.32. The van der Waals surface area contributed by atoms with E-state index in [1.165, 1.54) is 0 Å². The Morgan fingerprint density at radius 2 is 1.70 bits per heavy atom. The summed E-state index contributed by atoms with van der Waals surface area (Å²) in [4.78, 5) is 2.28. The second-order valence-electron chi connectivity index (χ2n) is 5.59. The molecular formula is C14H25N3O2S. The van der Waals surface area contributed by atoms with Crippen molar-refractivity contribution in [1.82, 2.24) is 9.62 Å². The summed E-state index contributed by atoms with van der Waals surface area (Å²) in [6.45, 7) is 7.14. The molecule has 0 unspecified atom stereocenters. The SMILES string of the molecule is CCNc1ccc(S(=O)(=O)NCC(C)(C)N(C)C)cc1. The lowest BCUT2D eigenvalue weighted by molar-refractivity contribution is 0.199. The van der Waals surface area contributed by atoms with Crippen LogP contribution < -0.4 is 10.0 Å². The fourth-order valence-corrected chi connectivity index (χ4v) is 2.67. The van der Waals surface area contributed by atoms with Gasteiger partial charge in [-0.2, -0.15) is 0 Å². The summed E-state index contributed by atoms with van der Waals surface area (Å²) < 4.78 is 27.1. The molecule has 5 nitrogen and oxygen atoms in total. The average Bonchev–Trinajstić information content (AvgIpc) is 2.38. The van der Waals surface area contributed by atoms with Crippen molar-refractivity contribution in [1.29, 1.82) is 0 Å². The topological polar surface area (TPSA) is 61.4 Å². The largest absolute Gasteiger partial charge is 0.385 e. The summed E-state index contributed by atoms with van der Waals surface area (Å²) in [7, 11) is 0.397. The van der Waals surface area contributed by atoms with Crippen LogP contribution >= 0.6 is 0 Å². The highest BCUT2D eigenvalue weighted by Gasteiger charge is 2.24. The summed E-state index contributed by atoms with van der Waals surface area (Å²) >= 11 is 0. The average molecular weight is 299 g/mol. The van der Waals surface area contributed by atoms with Gasteiger partial charge in [-0.25, -0.2) is 13.1 Å². The Kier molecular flexibility index (Phi) is 5.56. The molecule has 1 aromatic carbocycles. The van der Waals surface area contributed by atoms with Crippen LogP contribution in [0.4, 0.5) is 5.69 Å². The Labute approximate surface area is 122 Å². The molecule has 0 heterocycles. The van der Waals surface area contributed by atoms with Gasteiger partial charge in [-0.1, -0.05) is 0 Å². The van der Waals surface area contributed by atoms with E-state index in [4.69, 9.17) is 0 Å². The molecule has 0 fully saturated rings. The number of benzene rings is 1. The molecular weight excluding hydrogens is 274 g/mol. The van der Waals surface area contributed by atoms with E-state index in [0.717, 1.165) is 12.2 Å². The van der Waals surface area contributed by atoms with Gasteiger partial charge in [0, 0.05) is 24.3 Å². The van der Waals surface area contributed by atoms with E-state index in [1.54, 1.807) is 24.3 Å². The molecule has 2 N–H and O–H groups in total. The molecule has 0 aliphatic heterocycles. The van der Waals surface area contributed by atoms with E-state index in [9.17, 15) is 8.42 Å². The van der Waals surface area contributed by atoms with Crippen LogP contribution in [0.5, 0.6) is 0 Å². The number of nitrogens with one attached hydrogen (secondary N) is 2. The molecule has 0 spiro atoms. The maximum absolute atomic E-state index is 12.2. The van der Waals surface area contributed by atoms with E-state index in [-0.39, 0.29) is 10.4 Å². The van der Waals surface area contributed by atoms with Gasteiger partial charge in [0.2, 0.25) is 10.0 Å². The van der Waals surface area contributed by atoms with Gasteiger partial charge in [-0.3, -0.25) is 0 Å². The number of anilines is 1. The van der Waals surface area contributed by atoms with Crippen LogP contribution in [0.2, 0.25) is 0 Å². The quantitative estimate of drug-likeness (QED) is 0.805. The summed E-state index contributed by atoms with van der Waals surface area (Å²) in [5.74, 6) is 0. The molecule has 6 heteroatoms. The van der Waals surface area contributed by atoms with E-state index in [0.29, 0.717) is 6.54 Å². The highest BCUT2D eigenvalue weighted by molar-refractivity contribution is 7.89. The van der Waals surface area contributed by atoms with Crippen LogP contribution in [0.25, 0.3) is 0 Å². The fourth-order valence-electron chi connectivity index (χ4n) is 1.47. The molecule has 0 atom stereocenters. The van der Waals surface area contributed by atoms with Crippen molar-refractivity contribution in [2.45, 2.75) is 31.2 Å². The van der Waals surface area contributed by atoms with Gasteiger partial charge >= 0.3 is 0 Å². The van der Waals surface area contributed by atoms with Crippen LogP contribution in [0.3, 0.4) is 0 Å². The van der Waals surface area contributed by atoms with E-state index in [2.05, 4.69) is 10.0 Å². The van der Waals surface area contributed by atoms with Crippen molar-refractivity contribution >= 4 is 15.7 Å². The highest BCUT2D eigenvalue weighted by atomic mass is 32.2. The van der Waals surface area contributed by atoms with Crippen LogP contribution in [0.15, 0.2) is 29.2 Å². The lowest BCUT2D eigenvalue weighted by Crippen LogP contribution is -2.48. The Balaban J connectivity index is 2.79. The molecule has 0 saturated heterocycles. The third-order valence-electron chi connectivity index (χ3n) is 3.45. The van der Waals surface area contributed by atoms with Crippen molar-refractivity contribution in [2.75, 3.05) is 32.5 Å². The van der Waals surface area contributed by atoms with E-state index in [1.807, 2.05) is 39.8 Å². The number of likely N-dealkylation sites (N-methyl/N-ethyl adjacent to an activating group) is 1. The van der Waals surface area contributed by atoms with Gasteiger partial charge in [-0.15, -0.1) is 0 Å². The van der Waals surface area contributed by atoms with E-state index < -0.39 is 10.0 Å². The van der Waals surface area contributed by atoms with Crippen LogP contribution in [-0.2, 0) is 10.0 Å². The van der Waals surface area contributed by atoms with Crippen molar-refractivity contribution in [3.05, 3.63) is 24.3 Å². The smallest absolute Gasteiger partial charge is 0.240 e. The maximum atomic E-state index is 12.2. The van der Waals surface area contributed by atoms with Gasteiger partial charge in [0.1, 0.15) is 0 Å². The lowest BCUT2D eigenvalue weighted by atomic mass is 10.1. The monoisotopic (exact) mass is 299 g/mol. The minimum Gasteiger partial charge on any atom is -0.385 e. The molecule has 20 heavy (non-hydrogen) atoms. The van der Waals surface area contributed by atoms with Gasteiger partial charge in [-0.05, 0) is 59.1 Å². The first-order chi connectivity index (χ1) is 9.19. The molecule has 0 amide bonds. The summed E-state index contributed by atoms with van der Waals surface area (Å²) in [5.41, 5.74) is 0.677. The second kappa shape index (κ2) is 6.56. The number of rotatable bonds is 7. The number of hydrogen-bond acceptors (Lipinski definition) is 4. The van der Waals surface area contributed by atoms with Crippen molar-refractivity contribution in [3.8, 4) is 0 Å². The molecule has 1 rings (SSSR count). The molecule has 0 radical (unpaired) electrons. The van der Waals surface area contributed by atoms with Gasteiger partial charge < -0.3 is 10.2 Å². The first-order valence-corrected chi connectivity index (χ1v) is 8.18. The Morgan fingerprint density at radius 1 is 1.15 bits per heavy atom. The predicted molar refractivity (Wildman–Crippen MR) is 83.6 cm³/mol. The number of sulfonamides is 1. The van der Waals surface area contributed by atoms with Gasteiger partial charge in [0.25, 0.3) is 0 Å². The maximum Gasteiger partial charge on any atom is 0.240 e. The van der Waals surface area contributed by atoms with Crippen molar-refractivity contribution in [2.24, 2.45) is 0 Å². The summed E-state index contributed by atoms with van der Waals surface area (Å²) in [5, 5.41) is 3.14. The molecule has 0 aliphatic carbocycles. The summed E-state index contributed by atoms with van der Waals surface area (Å²) in [6.07, 6.45) is 0. The first-order valence-electron chi connectivity index (χ1n) is 6.70. The van der Waals surface area contributed by atoms with Crippen molar-refractivity contribution < 1.29 is 8.42 Å². The molecule has 0 aromatic heterocycles. The third-order valence-corrected chi connectivity index (χ3v) is 4.87. The Hall–Kier alpha value is -1.11. The van der Waals surface area contributed by atoms with Crippen molar-refractivity contribution in [3.63, 3.8) is 0 Å². The predicted octanol–water partition coefficient (Wildman–Crippen LogP) is 1.74. The van der Waals surface area contributed by atoms with Crippen LogP contribution in [0, 0.1) is 0 Å². The second-order valence-corrected chi connectivity index (χ2v) is 7.35. The normalized spacial score (nSPS) is 12.7. The zero-order chi connectivity index (χ0) is 15.4.